The number of rotatable bonds is 3. The average molecular weight is 404 g/mol. The molecule has 30 heavy (non-hydrogen) atoms. The predicted octanol–water partition coefficient (Wildman–Crippen LogP) is 3.69. The Morgan fingerprint density at radius 3 is 2.67 bits per heavy atom. The molecule has 1 saturated carbocycles. The molecule has 2 heterocycles. The Bertz CT molecular complexity index is 940. The van der Waals surface area contributed by atoms with Crippen LogP contribution in [0.5, 0.6) is 0 Å². The van der Waals surface area contributed by atoms with E-state index in [-0.39, 0.29) is 23.8 Å². The molecule has 2 aromatic rings. The number of nitrogens with one attached hydrogen (secondary N) is 2. The van der Waals surface area contributed by atoms with Crippen LogP contribution in [0.2, 0.25) is 0 Å². The van der Waals surface area contributed by atoms with Crippen LogP contribution in [0.3, 0.4) is 0 Å². The van der Waals surface area contributed by atoms with Gasteiger partial charge < -0.3 is 4.90 Å². The first-order valence-electron chi connectivity index (χ1n) is 11.2. The highest BCUT2D eigenvalue weighted by Crippen LogP contribution is 2.40. The molecule has 3 unspecified atom stereocenters. The minimum Gasteiger partial charge on any atom is -0.312 e. The Hall–Kier alpha value is -2.66. The van der Waals surface area contributed by atoms with E-state index in [9.17, 15) is 9.59 Å². The quantitative estimate of drug-likeness (QED) is 0.822. The van der Waals surface area contributed by atoms with E-state index in [4.69, 9.17) is 0 Å². The van der Waals surface area contributed by atoms with Crippen molar-refractivity contribution < 1.29 is 9.59 Å². The summed E-state index contributed by atoms with van der Waals surface area (Å²) in [6.07, 6.45) is 6.88. The van der Waals surface area contributed by atoms with Crippen LogP contribution in [0.4, 0.5) is 5.69 Å². The van der Waals surface area contributed by atoms with Crippen LogP contribution in [0.25, 0.3) is 0 Å². The van der Waals surface area contributed by atoms with Gasteiger partial charge >= 0.3 is 0 Å². The van der Waals surface area contributed by atoms with Gasteiger partial charge in [0.1, 0.15) is 0 Å². The molecule has 5 rings (SSSR count). The molecule has 2 fully saturated rings. The zero-order valence-electron chi connectivity index (χ0n) is 17.3. The number of hydrazine groups is 1. The second-order valence-corrected chi connectivity index (χ2v) is 8.86. The molecule has 5 nitrogen and oxygen atoms in total. The molecule has 1 saturated heterocycles. The Kier molecular flexibility index (Phi) is 5.30. The molecule has 3 aliphatic rings. The third-order valence-corrected chi connectivity index (χ3v) is 7.04. The second kappa shape index (κ2) is 8.23. The highest BCUT2D eigenvalue weighted by molar-refractivity contribution is 5.95. The van der Waals surface area contributed by atoms with Crippen LogP contribution < -0.4 is 15.8 Å². The fourth-order valence-electron chi connectivity index (χ4n) is 5.47. The zero-order chi connectivity index (χ0) is 20.5. The minimum atomic E-state index is 0.116. The summed E-state index contributed by atoms with van der Waals surface area (Å²) in [6, 6.07) is 16.8. The SMILES string of the molecule is O=C1NNC(c2ccc(CC(=O)N3CCCc4ccccc43)cc2)C2CCCCC12. The van der Waals surface area contributed by atoms with Crippen molar-refractivity contribution >= 4 is 17.5 Å². The number of nitrogens with zero attached hydrogens (tertiary/aromatic N) is 1. The van der Waals surface area contributed by atoms with Gasteiger partial charge in [0.2, 0.25) is 11.8 Å². The Morgan fingerprint density at radius 1 is 1.00 bits per heavy atom. The van der Waals surface area contributed by atoms with Crippen molar-refractivity contribution in [2.45, 2.75) is 51.0 Å². The number of aryl methyl sites for hydroxylation is 1. The van der Waals surface area contributed by atoms with Gasteiger partial charge in [-0.3, -0.25) is 15.0 Å². The number of para-hydroxylation sites is 1. The van der Waals surface area contributed by atoms with E-state index in [1.165, 1.54) is 17.5 Å². The summed E-state index contributed by atoms with van der Waals surface area (Å²) >= 11 is 0. The van der Waals surface area contributed by atoms with Crippen molar-refractivity contribution in [1.29, 1.82) is 0 Å². The van der Waals surface area contributed by atoms with Crippen molar-refractivity contribution in [1.82, 2.24) is 10.9 Å². The highest BCUT2D eigenvalue weighted by atomic mass is 16.2. The van der Waals surface area contributed by atoms with E-state index >= 15 is 0 Å². The van der Waals surface area contributed by atoms with Crippen LogP contribution in [0.1, 0.15) is 54.8 Å². The first-order valence-corrected chi connectivity index (χ1v) is 11.2. The van der Waals surface area contributed by atoms with Crippen LogP contribution in [-0.4, -0.2) is 18.4 Å². The number of benzene rings is 2. The van der Waals surface area contributed by atoms with Gasteiger partial charge in [-0.25, -0.2) is 5.43 Å². The van der Waals surface area contributed by atoms with Crippen LogP contribution in [-0.2, 0) is 22.4 Å². The molecule has 2 N–H and O–H groups in total. The lowest BCUT2D eigenvalue weighted by molar-refractivity contribution is -0.133. The maximum Gasteiger partial charge on any atom is 0.237 e. The number of hydrogen-bond donors (Lipinski definition) is 2. The van der Waals surface area contributed by atoms with Crippen molar-refractivity contribution in [2.24, 2.45) is 11.8 Å². The third kappa shape index (κ3) is 3.63. The number of amides is 2. The lowest BCUT2D eigenvalue weighted by atomic mass is 9.72. The lowest BCUT2D eigenvalue weighted by Crippen LogP contribution is -2.55. The number of hydrogen-bond acceptors (Lipinski definition) is 3. The largest absolute Gasteiger partial charge is 0.312 e. The third-order valence-electron chi connectivity index (χ3n) is 7.04. The van der Waals surface area contributed by atoms with E-state index in [0.29, 0.717) is 12.3 Å². The summed E-state index contributed by atoms with van der Waals surface area (Å²) in [6.45, 7) is 0.794. The summed E-state index contributed by atoms with van der Waals surface area (Å²) in [5, 5.41) is 0. The van der Waals surface area contributed by atoms with E-state index in [1.807, 2.05) is 17.0 Å². The molecular formula is C25H29N3O2. The molecule has 1 aliphatic carbocycles. The number of carbonyl (C=O) groups excluding carboxylic acids is 2. The molecule has 5 heteroatoms. The molecule has 156 valence electrons. The molecule has 3 atom stereocenters. The van der Waals surface area contributed by atoms with Gasteiger partial charge in [0.05, 0.1) is 12.5 Å². The van der Waals surface area contributed by atoms with Crippen molar-refractivity contribution in [2.75, 3.05) is 11.4 Å². The summed E-state index contributed by atoms with van der Waals surface area (Å²) in [5.74, 6) is 0.764. The monoisotopic (exact) mass is 403 g/mol. The number of anilines is 1. The summed E-state index contributed by atoms with van der Waals surface area (Å²) in [7, 11) is 0. The molecule has 2 aliphatic heterocycles. The lowest BCUT2D eigenvalue weighted by Gasteiger charge is -2.41. The van der Waals surface area contributed by atoms with Gasteiger partial charge in [-0.1, -0.05) is 55.3 Å². The van der Waals surface area contributed by atoms with E-state index in [1.54, 1.807) is 0 Å². The Balaban J connectivity index is 1.29. The maximum absolute atomic E-state index is 13.0. The van der Waals surface area contributed by atoms with Crippen molar-refractivity contribution in [3.63, 3.8) is 0 Å². The van der Waals surface area contributed by atoms with Crippen LogP contribution in [0, 0.1) is 11.8 Å². The van der Waals surface area contributed by atoms with Gasteiger partial charge in [-0.15, -0.1) is 0 Å². The maximum atomic E-state index is 13.0. The number of fused-ring (bicyclic) bond motifs is 2. The standard InChI is InChI=1S/C25H29N3O2/c29-23(28-15-5-7-18-6-1-4-10-22(18)28)16-17-11-13-19(14-12-17)24-20-8-2-3-9-21(20)25(30)27-26-24/h1,4,6,10-14,20-21,24,26H,2-3,5,7-9,15-16H2,(H,27,30). The van der Waals surface area contributed by atoms with Crippen molar-refractivity contribution in [3.8, 4) is 0 Å². The summed E-state index contributed by atoms with van der Waals surface area (Å²) < 4.78 is 0. The second-order valence-electron chi connectivity index (χ2n) is 8.86. The van der Waals surface area contributed by atoms with Crippen molar-refractivity contribution in [3.05, 3.63) is 65.2 Å². The van der Waals surface area contributed by atoms with Crippen LogP contribution >= 0.6 is 0 Å². The summed E-state index contributed by atoms with van der Waals surface area (Å²) in [5.41, 5.74) is 10.7. The normalized spacial score (nSPS) is 25.8. The molecule has 0 bridgehead atoms. The highest BCUT2D eigenvalue weighted by Gasteiger charge is 2.40. The Morgan fingerprint density at radius 2 is 1.80 bits per heavy atom. The molecule has 2 amide bonds. The summed E-state index contributed by atoms with van der Waals surface area (Å²) in [4.78, 5) is 27.2. The fourth-order valence-corrected chi connectivity index (χ4v) is 5.47. The number of carbonyl (C=O) groups is 2. The van der Waals surface area contributed by atoms with Gasteiger partial charge in [0.15, 0.2) is 0 Å². The smallest absolute Gasteiger partial charge is 0.237 e. The first kappa shape index (κ1) is 19.3. The van der Waals surface area contributed by atoms with Crippen LogP contribution in [0.15, 0.2) is 48.5 Å². The molecule has 0 spiro atoms. The van der Waals surface area contributed by atoms with E-state index in [2.05, 4.69) is 47.2 Å². The average Bonchev–Trinajstić information content (AvgIpc) is 2.80. The van der Waals surface area contributed by atoms with Gasteiger partial charge in [-0.05, 0) is 54.4 Å². The van der Waals surface area contributed by atoms with E-state index in [0.717, 1.165) is 49.9 Å². The molecule has 0 aromatic heterocycles. The molecule has 0 radical (unpaired) electrons. The minimum absolute atomic E-state index is 0.116. The van der Waals surface area contributed by atoms with Gasteiger partial charge in [0, 0.05) is 18.2 Å². The van der Waals surface area contributed by atoms with E-state index < -0.39 is 0 Å². The fraction of sp³-hybridized carbons (Fsp3) is 0.440. The van der Waals surface area contributed by atoms with Gasteiger partial charge in [0.25, 0.3) is 0 Å². The van der Waals surface area contributed by atoms with Gasteiger partial charge in [-0.2, -0.15) is 0 Å². The Labute approximate surface area is 177 Å². The first-order chi connectivity index (χ1) is 14.7. The topological polar surface area (TPSA) is 61.4 Å². The molecule has 2 aromatic carbocycles. The zero-order valence-corrected chi connectivity index (χ0v) is 17.3. The predicted molar refractivity (Wildman–Crippen MR) is 117 cm³/mol. The molecular weight excluding hydrogens is 374 g/mol.